The summed E-state index contributed by atoms with van der Waals surface area (Å²) in [5.41, 5.74) is 5.63. The molecule has 5 atom stereocenters. The molecule has 3 fully saturated rings. The molecule has 0 radical (unpaired) electrons. The Labute approximate surface area is 360 Å². The zero-order valence-corrected chi connectivity index (χ0v) is 37.0. The summed E-state index contributed by atoms with van der Waals surface area (Å²) in [4.78, 5) is 71.8. The molecular weight excluding hydrogens is 883 g/mol. The Balaban J connectivity index is 1.04. The minimum Gasteiger partial charge on any atom is -0.340 e. The van der Waals surface area contributed by atoms with Crippen molar-refractivity contribution in [3.63, 3.8) is 0 Å². The Bertz CT molecular complexity index is 2130. The number of carbonyl (C=O) groups is 4. The van der Waals surface area contributed by atoms with Gasteiger partial charge in [0.25, 0.3) is 0 Å². The van der Waals surface area contributed by atoms with Crippen molar-refractivity contribution in [1.29, 1.82) is 0 Å². The predicted molar refractivity (Wildman–Crippen MR) is 218 cm³/mol. The molecule has 2 unspecified atom stereocenters. The second-order valence-electron chi connectivity index (χ2n) is 16.0. The van der Waals surface area contributed by atoms with E-state index in [-0.39, 0.29) is 57.4 Å². The predicted octanol–water partition coefficient (Wildman–Crippen LogP) is 2.62. The number of alkyl carbamates (subject to hydrolysis) is 2. The molecule has 0 bridgehead atoms. The summed E-state index contributed by atoms with van der Waals surface area (Å²) in [6, 6.07) is 14.2. The molecule has 60 heavy (non-hydrogen) atoms. The van der Waals surface area contributed by atoms with Crippen molar-refractivity contribution in [2.24, 2.45) is 11.8 Å². The van der Waals surface area contributed by atoms with Crippen LogP contribution in [0.3, 0.4) is 0 Å². The maximum Gasteiger partial charge on any atom is -0.0175 e. The number of aromatic nitrogens is 4. The Kier molecular flexibility index (Phi) is 13.4. The van der Waals surface area contributed by atoms with Gasteiger partial charge in [0.15, 0.2) is 0 Å². The second kappa shape index (κ2) is 18.7. The standard InChI is InChI=1S/C43H54IN8O8/c1-25(2)35(49-41(55)57-5)39(53)51-18-7-8-33(51)37-45-21-31(47-37)29-13-9-27(10-14-29)28-11-15-30(16-12-28)32-22-46-38(48-32)34-20-43(59-19-17-44-24-60-43)23-52(34)40(54)36(26(3)4)50-42(56)58-6/h9-16,21-22,25-26,33-36H,7-8,17-20,23-24H2,1-6H3,(H,45,47)(H,46,48)(H,49,55)(H,50,56)/q-1/t33?,34-,35-,36-,43?/m0/s1. The maximum atomic E-state index is 14.1. The normalized spacial score (nSPS) is 21.7. The van der Waals surface area contributed by atoms with Gasteiger partial charge in [0.05, 0.1) is 25.0 Å². The topological polar surface area (TPSA) is 193 Å². The summed E-state index contributed by atoms with van der Waals surface area (Å²) in [6.07, 6.45) is 4.31. The van der Waals surface area contributed by atoms with E-state index in [1.807, 2.05) is 52.0 Å². The van der Waals surface area contributed by atoms with Crippen LogP contribution in [-0.2, 0) is 28.5 Å². The summed E-state index contributed by atoms with van der Waals surface area (Å²) >= 11 is -0.139. The van der Waals surface area contributed by atoms with Crippen LogP contribution in [0.1, 0.15) is 70.7 Å². The van der Waals surface area contributed by atoms with Gasteiger partial charge in [0, 0.05) is 6.54 Å². The van der Waals surface area contributed by atoms with E-state index in [0.29, 0.717) is 35.8 Å². The summed E-state index contributed by atoms with van der Waals surface area (Å²) in [6.45, 7) is 8.96. The summed E-state index contributed by atoms with van der Waals surface area (Å²) in [7, 11) is 2.57. The van der Waals surface area contributed by atoms with Crippen LogP contribution in [0.25, 0.3) is 33.6 Å². The van der Waals surface area contributed by atoms with E-state index in [4.69, 9.17) is 23.9 Å². The van der Waals surface area contributed by atoms with Crippen LogP contribution in [0, 0.1) is 11.8 Å². The SMILES string of the molecule is COC(=O)N[C@H](C(=O)N1CCCC1c1ncc(-c2ccc(-c3ccc(-c4cnc([C@@H]5CC6(CN5C(=O)[C@@H](NC(=O)OC)C(C)C)OCC[I-]CO6)[nH]4)cc3)cc2)[nH]1)C(C)C. The zero-order chi connectivity index (χ0) is 42.6. The van der Waals surface area contributed by atoms with Gasteiger partial charge in [-0.3, -0.25) is 4.79 Å². The van der Waals surface area contributed by atoms with Crippen molar-refractivity contribution in [2.45, 2.75) is 76.9 Å². The molecule has 4 aromatic rings. The number of H-pyrrole nitrogens is 2. The minimum absolute atomic E-state index is 0.112. The number of imidazole rings is 2. The number of rotatable bonds is 11. The number of aromatic amines is 2. The number of ether oxygens (including phenoxy) is 4. The van der Waals surface area contributed by atoms with Gasteiger partial charge < -0.3 is 19.9 Å². The molecule has 5 heterocycles. The number of benzene rings is 2. The number of methoxy groups -OCH3 is 2. The van der Waals surface area contributed by atoms with Crippen LogP contribution in [-0.4, -0.2) is 115 Å². The first-order chi connectivity index (χ1) is 28.9. The quantitative estimate of drug-likeness (QED) is 0.128. The first-order valence-corrected chi connectivity index (χ1v) is 23.4. The average molecular weight is 938 g/mol. The van der Waals surface area contributed by atoms with Crippen molar-refractivity contribution in [2.75, 3.05) is 43.0 Å². The first kappa shape index (κ1) is 43.1. The molecule has 0 aliphatic carbocycles. The fourth-order valence-corrected chi connectivity index (χ4v) is 9.73. The zero-order valence-electron chi connectivity index (χ0n) is 34.8. The Morgan fingerprint density at radius 2 is 1.25 bits per heavy atom. The van der Waals surface area contributed by atoms with Crippen LogP contribution in [0.2, 0.25) is 0 Å². The second-order valence-corrected chi connectivity index (χ2v) is 18.8. The Morgan fingerprint density at radius 1 is 0.750 bits per heavy atom. The van der Waals surface area contributed by atoms with E-state index in [0.717, 1.165) is 50.9 Å². The minimum atomic E-state index is -0.937. The number of likely N-dealkylation sites (tertiary alicyclic amines) is 2. The van der Waals surface area contributed by atoms with Crippen molar-refractivity contribution < 1.29 is 59.3 Å². The number of alkyl halides is 2. The van der Waals surface area contributed by atoms with Gasteiger partial charge in [0.1, 0.15) is 11.9 Å². The van der Waals surface area contributed by atoms with E-state index in [1.54, 1.807) is 22.2 Å². The van der Waals surface area contributed by atoms with Crippen LogP contribution in [0.5, 0.6) is 0 Å². The molecule has 1 spiro atoms. The fraction of sp³-hybridized carbons (Fsp3) is 0.488. The first-order valence-electron chi connectivity index (χ1n) is 20.3. The third kappa shape index (κ3) is 9.32. The van der Waals surface area contributed by atoms with Crippen LogP contribution >= 0.6 is 0 Å². The van der Waals surface area contributed by atoms with Gasteiger partial charge in [-0.05, 0) is 29.9 Å². The summed E-state index contributed by atoms with van der Waals surface area (Å²) in [5.74, 6) is -0.300. The molecule has 2 aromatic heterocycles. The molecule has 3 saturated heterocycles. The van der Waals surface area contributed by atoms with E-state index in [1.165, 1.54) is 14.2 Å². The van der Waals surface area contributed by atoms with Crippen LogP contribution in [0.15, 0.2) is 60.9 Å². The van der Waals surface area contributed by atoms with Crippen molar-refractivity contribution >= 4 is 24.0 Å². The molecule has 7 rings (SSSR count). The number of carbonyl (C=O) groups excluding carboxylic acids is 4. The van der Waals surface area contributed by atoms with Gasteiger partial charge >= 0.3 is 210 Å². The molecule has 3 aliphatic heterocycles. The Hall–Kier alpha value is -5.01. The van der Waals surface area contributed by atoms with Crippen LogP contribution in [0.4, 0.5) is 9.59 Å². The van der Waals surface area contributed by atoms with E-state index >= 15 is 0 Å². The maximum absolute atomic E-state index is 14.1. The largest absolute Gasteiger partial charge is 0.340 e. The van der Waals surface area contributed by atoms with E-state index < -0.39 is 36.1 Å². The average Bonchev–Trinajstić information content (AvgIpc) is 4.07. The number of halogens is 1. The van der Waals surface area contributed by atoms with Gasteiger partial charge in [0.2, 0.25) is 5.91 Å². The molecule has 322 valence electrons. The van der Waals surface area contributed by atoms with Gasteiger partial charge in [-0.25, -0.2) is 9.78 Å². The molecule has 2 aromatic carbocycles. The van der Waals surface area contributed by atoms with Crippen molar-refractivity contribution in [3.05, 3.63) is 72.6 Å². The van der Waals surface area contributed by atoms with Crippen molar-refractivity contribution in [3.8, 4) is 33.6 Å². The molecule has 4 N–H and O–H groups in total. The number of amides is 4. The molecule has 17 heteroatoms. The van der Waals surface area contributed by atoms with Gasteiger partial charge in [-0.2, -0.15) is 0 Å². The number of hydrogen-bond donors (Lipinski definition) is 4. The Morgan fingerprint density at radius 3 is 1.77 bits per heavy atom. The molecule has 4 amide bonds. The monoisotopic (exact) mass is 937 g/mol. The smallest absolute Gasteiger partial charge is 0.0175 e. The van der Waals surface area contributed by atoms with E-state index in [9.17, 15) is 19.2 Å². The molecule has 3 aliphatic rings. The van der Waals surface area contributed by atoms with Crippen LogP contribution < -0.4 is 31.8 Å². The van der Waals surface area contributed by atoms with Crippen molar-refractivity contribution in [1.82, 2.24) is 40.4 Å². The van der Waals surface area contributed by atoms with Gasteiger partial charge in [-0.15, -0.1) is 0 Å². The number of nitrogens with one attached hydrogen (secondary N) is 4. The summed E-state index contributed by atoms with van der Waals surface area (Å²) in [5, 5.41) is 5.41. The fourth-order valence-electron chi connectivity index (χ4n) is 8.10. The number of nitrogens with zero attached hydrogens (tertiary/aromatic N) is 4. The third-order valence-corrected chi connectivity index (χ3v) is 13.4. The third-order valence-electron chi connectivity index (χ3n) is 11.4. The van der Waals surface area contributed by atoms with Gasteiger partial charge in [-0.1, -0.05) is 38.1 Å². The molecule has 16 nitrogen and oxygen atoms in total. The number of hydrogen-bond acceptors (Lipinski definition) is 10. The summed E-state index contributed by atoms with van der Waals surface area (Å²) < 4.78 is 23.8. The van der Waals surface area contributed by atoms with E-state index in [2.05, 4.69) is 49.9 Å². The molecular formula is C43H54IN8O8-. The molecule has 0 saturated carbocycles.